The number of amidine groups is 1. The van der Waals surface area contributed by atoms with E-state index in [4.69, 9.17) is 23.9 Å². The van der Waals surface area contributed by atoms with E-state index in [0.29, 0.717) is 61.3 Å². The average Bonchev–Trinajstić information content (AvgIpc) is 3.30. The highest BCUT2D eigenvalue weighted by atomic mass is 16.5. The highest BCUT2D eigenvalue weighted by Crippen LogP contribution is 2.47. The Morgan fingerprint density at radius 2 is 1.81 bits per heavy atom. The number of hydrogen-bond donors (Lipinski definition) is 1. The van der Waals surface area contributed by atoms with E-state index < -0.39 is 6.10 Å². The fraction of sp³-hybridized carbons (Fsp3) is 0.654. The summed E-state index contributed by atoms with van der Waals surface area (Å²) in [5, 5.41) is 13.1. The van der Waals surface area contributed by atoms with Gasteiger partial charge in [-0.2, -0.15) is 5.26 Å². The van der Waals surface area contributed by atoms with Gasteiger partial charge in [-0.3, -0.25) is 4.79 Å². The van der Waals surface area contributed by atoms with Crippen LogP contribution < -0.4 is 19.5 Å². The molecule has 3 fully saturated rings. The molecule has 0 radical (unpaired) electrons. The third-order valence-electron chi connectivity index (χ3n) is 7.04. The highest BCUT2D eigenvalue weighted by molar-refractivity contribution is 5.85. The van der Waals surface area contributed by atoms with Crippen LogP contribution in [0.1, 0.15) is 44.6 Å². The molecule has 1 amide bonds. The summed E-state index contributed by atoms with van der Waals surface area (Å²) < 4.78 is 23.2. The van der Waals surface area contributed by atoms with Crippen LogP contribution in [0.4, 0.5) is 5.69 Å². The maximum Gasteiger partial charge on any atom is 0.253 e. The van der Waals surface area contributed by atoms with E-state index in [1.54, 1.807) is 20.3 Å². The molecule has 1 aromatic rings. The molecule has 3 aliphatic rings. The molecule has 0 bridgehead atoms. The molecule has 1 N–H and O–H groups in total. The summed E-state index contributed by atoms with van der Waals surface area (Å²) in [6.07, 6.45) is 4.67. The highest BCUT2D eigenvalue weighted by Gasteiger charge is 2.29. The molecule has 0 spiro atoms. The van der Waals surface area contributed by atoms with Crippen molar-refractivity contribution >= 4 is 17.4 Å². The van der Waals surface area contributed by atoms with Crippen molar-refractivity contribution in [2.45, 2.75) is 51.2 Å². The summed E-state index contributed by atoms with van der Waals surface area (Å²) in [4.78, 5) is 21.8. The zero-order chi connectivity index (χ0) is 25.5. The Labute approximate surface area is 213 Å². The lowest BCUT2D eigenvalue weighted by molar-refractivity contribution is -0.145. The van der Waals surface area contributed by atoms with Crippen LogP contribution in [0.25, 0.3) is 0 Å². The predicted molar refractivity (Wildman–Crippen MR) is 135 cm³/mol. The van der Waals surface area contributed by atoms with Crippen LogP contribution in [-0.2, 0) is 9.53 Å². The van der Waals surface area contributed by atoms with Crippen molar-refractivity contribution in [3.63, 3.8) is 0 Å². The smallest absolute Gasteiger partial charge is 0.253 e. The van der Waals surface area contributed by atoms with Crippen LogP contribution >= 0.6 is 0 Å². The van der Waals surface area contributed by atoms with Gasteiger partial charge in [0.1, 0.15) is 29.3 Å². The van der Waals surface area contributed by atoms with Gasteiger partial charge in [-0.1, -0.05) is 0 Å². The number of benzene rings is 1. The zero-order valence-corrected chi connectivity index (χ0v) is 21.5. The largest absolute Gasteiger partial charge is 0.491 e. The Morgan fingerprint density at radius 1 is 1.08 bits per heavy atom. The zero-order valence-electron chi connectivity index (χ0n) is 21.5. The number of rotatable bonds is 6. The third-order valence-corrected chi connectivity index (χ3v) is 7.04. The van der Waals surface area contributed by atoms with Crippen LogP contribution in [0.15, 0.2) is 11.1 Å². The maximum absolute atomic E-state index is 12.9. The number of methoxy groups -OCH3 is 2. The summed E-state index contributed by atoms with van der Waals surface area (Å²) in [5.41, 5.74) is 0.890. The van der Waals surface area contributed by atoms with Gasteiger partial charge in [-0.15, -0.1) is 0 Å². The molecule has 36 heavy (non-hydrogen) atoms. The topological polar surface area (TPSA) is 109 Å². The number of hydrogen-bond acceptors (Lipinski definition) is 8. The van der Waals surface area contributed by atoms with Crippen molar-refractivity contribution in [3.8, 4) is 23.3 Å². The van der Waals surface area contributed by atoms with Gasteiger partial charge in [-0.05, 0) is 45.1 Å². The number of carbonyl (C=O) groups is 1. The molecule has 2 saturated heterocycles. The molecule has 1 atom stereocenters. The monoisotopic (exact) mass is 499 g/mol. The number of carbonyl (C=O) groups excluding carboxylic acids is 1. The van der Waals surface area contributed by atoms with E-state index in [-0.39, 0.29) is 12.0 Å². The first kappa shape index (κ1) is 26.0. The molecule has 1 aromatic carbocycles. The summed E-state index contributed by atoms with van der Waals surface area (Å²) >= 11 is 0. The number of nitriles is 1. The Kier molecular flexibility index (Phi) is 8.88. The number of amides is 1. The lowest BCUT2D eigenvalue weighted by atomic mass is 10.1. The summed E-state index contributed by atoms with van der Waals surface area (Å²) in [7, 11) is 3.11. The molecule has 1 unspecified atom stereocenters. The van der Waals surface area contributed by atoms with Gasteiger partial charge in [0.05, 0.1) is 26.9 Å². The Balaban J connectivity index is 1.52. The average molecular weight is 500 g/mol. The first-order valence-electron chi connectivity index (χ1n) is 12.8. The van der Waals surface area contributed by atoms with Crippen molar-refractivity contribution in [2.24, 2.45) is 4.99 Å². The minimum Gasteiger partial charge on any atom is -0.491 e. The van der Waals surface area contributed by atoms with Gasteiger partial charge in [0, 0.05) is 39.3 Å². The van der Waals surface area contributed by atoms with Gasteiger partial charge >= 0.3 is 0 Å². The van der Waals surface area contributed by atoms with E-state index in [1.165, 1.54) is 0 Å². The summed E-state index contributed by atoms with van der Waals surface area (Å²) in [6.45, 7) is 6.56. The van der Waals surface area contributed by atoms with Gasteiger partial charge in [0.15, 0.2) is 11.5 Å². The van der Waals surface area contributed by atoms with Crippen molar-refractivity contribution in [2.75, 3.05) is 60.1 Å². The van der Waals surface area contributed by atoms with E-state index >= 15 is 0 Å². The van der Waals surface area contributed by atoms with Crippen molar-refractivity contribution in [1.82, 2.24) is 15.1 Å². The molecule has 1 saturated carbocycles. The van der Waals surface area contributed by atoms with E-state index in [9.17, 15) is 10.1 Å². The molecule has 196 valence electrons. The normalized spacial score (nSPS) is 21.6. The first-order chi connectivity index (χ1) is 17.5. The SMILES string of the molecule is COc1c(/N=C(\C)N2CCCN(C(=O)C3CNCCO3)CC2)cc(C#N)c(OC2CCCC2)c1OC. The Hall–Kier alpha value is -3.03. The summed E-state index contributed by atoms with van der Waals surface area (Å²) in [5.74, 6) is 2.08. The molecule has 0 aromatic heterocycles. The van der Waals surface area contributed by atoms with E-state index in [1.807, 2.05) is 11.8 Å². The second-order valence-electron chi connectivity index (χ2n) is 9.36. The molecule has 4 rings (SSSR count). The second kappa shape index (κ2) is 12.3. The van der Waals surface area contributed by atoms with E-state index in [2.05, 4.69) is 16.3 Å². The van der Waals surface area contributed by atoms with Crippen LogP contribution in [0.2, 0.25) is 0 Å². The Bertz CT molecular complexity index is 995. The predicted octanol–water partition coefficient (Wildman–Crippen LogP) is 2.47. The van der Waals surface area contributed by atoms with Crippen LogP contribution in [0.5, 0.6) is 17.2 Å². The van der Waals surface area contributed by atoms with Gasteiger partial charge in [0.25, 0.3) is 5.91 Å². The molecule has 10 nitrogen and oxygen atoms in total. The lowest BCUT2D eigenvalue weighted by Gasteiger charge is -2.29. The van der Waals surface area contributed by atoms with Crippen molar-refractivity contribution in [1.29, 1.82) is 5.26 Å². The number of ether oxygens (including phenoxy) is 4. The van der Waals surface area contributed by atoms with Crippen LogP contribution in [-0.4, -0.2) is 93.8 Å². The molecule has 2 heterocycles. The maximum atomic E-state index is 12.9. The van der Waals surface area contributed by atoms with Gasteiger partial charge in [0.2, 0.25) is 5.75 Å². The third kappa shape index (κ3) is 5.85. The number of aliphatic imine (C=N–C) groups is 1. The number of morpholine rings is 1. The number of nitrogens with zero attached hydrogens (tertiary/aromatic N) is 4. The lowest BCUT2D eigenvalue weighted by Crippen LogP contribution is -2.50. The van der Waals surface area contributed by atoms with Crippen LogP contribution in [0, 0.1) is 11.3 Å². The van der Waals surface area contributed by atoms with Crippen LogP contribution in [0.3, 0.4) is 0 Å². The first-order valence-corrected chi connectivity index (χ1v) is 12.8. The quantitative estimate of drug-likeness (QED) is 0.470. The van der Waals surface area contributed by atoms with Crippen molar-refractivity contribution < 1.29 is 23.7 Å². The van der Waals surface area contributed by atoms with E-state index in [0.717, 1.165) is 51.0 Å². The number of nitrogens with one attached hydrogen (secondary N) is 1. The fourth-order valence-electron chi connectivity index (χ4n) is 5.08. The minimum atomic E-state index is -0.411. The Morgan fingerprint density at radius 3 is 2.47 bits per heavy atom. The van der Waals surface area contributed by atoms with Gasteiger partial charge in [-0.25, -0.2) is 4.99 Å². The fourth-order valence-corrected chi connectivity index (χ4v) is 5.08. The standard InChI is InChI=1S/C26H37N5O5/c1-18(30-10-6-11-31(13-12-30)26(32)22-17-28-9-14-35-22)29-21-15-19(16-27)23(25(34-3)24(21)33-2)36-20-7-4-5-8-20/h15,20,22,28H,4-14,17H2,1-3H3/b29-18+. The van der Waals surface area contributed by atoms with Gasteiger partial charge < -0.3 is 34.1 Å². The molecule has 10 heteroatoms. The summed E-state index contributed by atoms with van der Waals surface area (Å²) in [6, 6.07) is 3.95. The minimum absolute atomic E-state index is 0.0431. The molecule has 1 aliphatic carbocycles. The molecule has 2 aliphatic heterocycles. The molecular weight excluding hydrogens is 462 g/mol. The second-order valence-corrected chi connectivity index (χ2v) is 9.36. The van der Waals surface area contributed by atoms with Crippen molar-refractivity contribution in [3.05, 3.63) is 11.6 Å². The molecular formula is C26H37N5O5.